The van der Waals surface area contributed by atoms with Gasteiger partial charge in [0.05, 0.1) is 24.9 Å². The molecule has 1 N–H and O–H groups in total. The van der Waals surface area contributed by atoms with Gasteiger partial charge in [-0.25, -0.2) is 13.5 Å². The number of para-hydroxylation sites is 1. The van der Waals surface area contributed by atoms with E-state index in [2.05, 4.69) is 25.4 Å². The summed E-state index contributed by atoms with van der Waals surface area (Å²) in [6.07, 6.45) is 0. The van der Waals surface area contributed by atoms with Gasteiger partial charge in [0.2, 0.25) is 0 Å². The van der Waals surface area contributed by atoms with Gasteiger partial charge in [-0.1, -0.05) is 24.3 Å². The standard InChI is InChI=1S/C29H27F2N7O2/c1-40-22-11-8-20-16-23(29(39)32-25(20)17-22)27(28-33-34-35-38(28)18-19-6-9-21(30)10-7-19)37-14-12-36(13-15-37)26-5-3-2-4-24(26)31/h2-11,16-17,27H,12-15,18H2,1H3,(H,32,39)/t27-/m1/s1. The molecule has 9 nitrogen and oxygen atoms in total. The molecule has 6 rings (SSSR count). The van der Waals surface area contributed by atoms with Crippen LogP contribution in [0.1, 0.15) is 23.0 Å². The van der Waals surface area contributed by atoms with Crippen molar-refractivity contribution in [2.24, 2.45) is 0 Å². The molecule has 5 aromatic rings. The van der Waals surface area contributed by atoms with E-state index < -0.39 is 6.04 Å². The smallest absolute Gasteiger partial charge is 0.253 e. The number of hydrogen-bond acceptors (Lipinski definition) is 7. The Balaban J connectivity index is 1.39. The summed E-state index contributed by atoms with van der Waals surface area (Å²) in [5.41, 5.74) is 2.25. The Labute approximate surface area is 228 Å². The van der Waals surface area contributed by atoms with Crippen molar-refractivity contribution >= 4 is 16.6 Å². The number of aromatic amines is 1. The summed E-state index contributed by atoms with van der Waals surface area (Å²) in [7, 11) is 1.57. The zero-order chi connectivity index (χ0) is 27.6. The van der Waals surface area contributed by atoms with Gasteiger partial charge in [-0.15, -0.1) is 5.10 Å². The summed E-state index contributed by atoms with van der Waals surface area (Å²) < 4.78 is 35.0. The van der Waals surface area contributed by atoms with Crippen LogP contribution < -0.4 is 15.2 Å². The fourth-order valence-electron chi connectivity index (χ4n) is 5.24. The third-order valence-corrected chi connectivity index (χ3v) is 7.30. The first kappa shape index (κ1) is 25.6. The molecular weight excluding hydrogens is 516 g/mol. The fraction of sp³-hybridized carbons (Fsp3) is 0.241. The SMILES string of the molecule is COc1ccc2cc([C@H](c3nnnn3Cc3ccc(F)cc3)N3CCN(c4ccccc4F)CC3)c(=O)[nH]c2c1. The highest BCUT2D eigenvalue weighted by Gasteiger charge is 2.33. The molecule has 1 fully saturated rings. The van der Waals surface area contributed by atoms with Crippen molar-refractivity contribution in [3.8, 4) is 5.75 Å². The molecule has 40 heavy (non-hydrogen) atoms. The van der Waals surface area contributed by atoms with Gasteiger partial charge in [-0.05, 0) is 63.8 Å². The molecule has 1 atom stereocenters. The van der Waals surface area contributed by atoms with E-state index in [-0.39, 0.29) is 17.2 Å². The Kier molecular flexibility index (Phi) is 6.95. The Morgan fingerprint density at radius 2 is 1.75 bits per heavy atom. The minimum absolute atomic E-state index is 0.265. The number of halogens is 2. The summed E-state index contributed by atoms with van der Waals surface area (Å²) in [5.74, 6) is 0.532. The number of rotatable bonds is 7. The normalized spacial score (nSPS) is 14.9. The van der Waals surface area contributed by atoms with Crippen molar-refractivity contribution < 1.29 is 13.5 Å². The van der Waals surface area contributed by atoms with E-state index in [1.807, 2.05) is 29.2 Å². The lowest BCUT2D eigenvalue weighted by molar-refractivity contribution is 0.200. The Morgan fingerprint density at radius 1 is 0.975 bits per heavy atom. The first-order valence-corrected chi connectivity index (χ1v) is 12.9. The second kappa shape index (κ2) is 10.9. The average molecular weight is 544 g/mol. The number of pyridine rings is 1. The summed E-state index contributed by atoms with van der Waals surface area (Å²) in [6, 6.07) is 19.7. The van der Waals surface area contributed by atoms with Gasteiger partial charge >= 0.3 is 0 Å². The number of ether oxygens (including phenoxy) is 1. The molecule has 204 valence electrons. The van der Waals surface area contributed by atoms with E-state index in [0.717, 1.165) is 10.9 Å². The molecule has 1 aliphatic heterocycles. The van der Waals surface area contributed by atoms with Crippen molar-refractivity contribution in [2.75, 3.05) is 38.2 Å². The largest absolute Gasteiger partial charge is 0.497 e. The number of methoxy groups -OCH3 is 1. The minimum Gasteiger partial charge on any atom is -0.497 e. The maximum Gasteiger partial charge on any atom is 0.253 e. The van der Waals surface area contributed by atoms with Gasteiger partial charge in [0.25, 0.3) is 5.56 Å². The average Bonchev–Trinajstić information content (AvgIpc) is 3.42. The van der Waals surface area contributed by atoms with Gasteiger partial charge in [0.15, 0.2) is 5.82 Å². The van der Waals surface area contributed by atoms with E-state index in [1.165, 1.54) is 18.2 Å². The van der Waals surface area contributed by atoms with Crippen molar-refractivity contribution in [2.45, 2.75) is 12.6 Å². The highest BCUT2D eigenvalue weighted by Crippen LogP contribution is 2.30. The van der Waals surface area contributed by atoms with Crippen LogP contribution in [0.25, 0.3) is 10.9 Å². The molecule has 1 aliphatic rings. The molecule has 1 saturated heterocycles. The number of fused-ring (bicyclic) bond motifs is 1. The maximum absolute atomic E-state index is 14.5. The third-order valence-electron chi connectivity index (χ3n) is 7.30. The molecule has 0 radical (unpaired) electrons. The van der Waals surface area contributed by atoms with Crippen LogP contribution in [0.2, 0.25) is 0 Å². The molecule has 0 spiro atoms. The molecule has 0 bridgehead atoms. The van der Waals surface area contributed by atoms with Crippen LogP contribution >= 0.6 is 0 Å². The quantitative estimate of drug-likeness (QED) is 0.334. The zero-order valence-electron chi connectivity index (χ0n) is 21.8. The number of nitrogens with zero attached hydrogens (tertiary/aromatic N) is 6. The number of piperazine rings is 1. The Morgan fingerprint density at radius 3 is 2.50 bits per heavy atom. The minimum atomic E-state index is -0.575. The van der Waals surface area contributed by atoms with Crippen LogP contribution in [-0.2, 0) is 6.54 Å². The highest BCUT2D eigenvalue weighted by molar-refractivity contribution is 5.80. The van der Waals surface area contributed by atoms with Crippen LogP contribution in [0.3, 0.4) is 0 Å². The summed E-state index contributed by atoms with van der Waals surface area (Å²) in [4.78, 5) is 20.7. The lowest BCUT2D eigenvalue weighted by Gasteiger charge is -2.39. The van der Waals surface area contributed by atoms with Gasteiger partial charge in [0.1, 0.15) is 23.4 Å². The van der Waals surface area contributed by atoms with Crippen molar-refractivity contribution in [1.82, 2.24) is 30.1 Å². The number of tetrazole rings is 1. The molecule has 3 aromatic carbocycles. The number of benzene rings is 3. The van der Waals surface area contributed by atoms with Crippen molar-refractivity contribution in [3.63, 3.8) is 0 Å². The summed E-state index contributed by atoms with van der Waals surface area (Å²) >= 11 is 0. The van der Waals surface area contributed by atoms with Crippen LogP contribution in [0.4, 0.5) is 14.5 Å². The predicted octanol–water partition coefficient (Wildman–Crippen LogP) is 3.76. The molecule has 0 amide bonds. The predicted molar refractivity (Wildman–Crippen MR) is 146 cm³/mol. The first-order valence-electron chi connectivity index (χ1n) is 12.9. The van der Waals surface area contributed by atoms with Crippen molar-refractivity contribution in [1.29, 1.82) is 0 Å². The molecule has 0 aliphatic carbocycles. The number of aromatic nitrogens is 5. The topological polar surface area (TPSA) is 92.2 Å². The van der Waals surface area contributed by atoms with Gasteiger partial charge in [0, 0.05) is 37.8 Å². The highest BCUT2D eigenvalue weighted by atomic mass is 19.1. The van der Waals surface area contributed by atoms with Crippen LogP contribution in [-0.4, -0.2) is 63.4 Å². The number of anilines is 1. The van der Waals surface area contributed by atoms with E-state index in [4.69, 9.17) is 4.74 Å². The van der Waals surface area contributed by atoms with Crippen LogP contribution in [0.15, 0.2) is 77.6 Å². The Bertz CT molecular complexity index is 1700. The molecule has 2 aromatic heterocycles. The second-order valence-electron chi connectivity index (χ2n) is 9.71. The lowest BCUT2D eigenvalue weighted by atomic mass is 10.0. The summed E-state index contributed by atoms with van der Waals surface area (Å²) in [5, 5.41) is 13.3. The summed E-state index contributed by atoms with van der Waals surface area (Å²) in [6.45, 7) is 2.50. The van der Waals surface area contributed by atoms with Crippen LogP contribution in [0, 0.1) is 11.6 Å². The second-order valence-corrected chi connectivity index (χ2v) is 9.71. The monoisotopic (exact) mass is 543 g/mol. The van der Waals surface area contributed by atoms with Gasteiger partial charge in [-0.2, -0.15) is 0 Å². The van der Waals surface area contributed by atoms with Crippen LogP contribution in [0.5, 0.6) is 5.75 Å². The zero-order valence-corrected chi connectivity index (χ0v) is 21.8. The Hall–Kier alpha value is -4.64. The van der Waals surface area contributed by atoms with Crippen molar-refractivity contribution in [3.05, 3.63) is 112 Å². The molecule has 0 saturated carbocycles. The maximum atomic E-state index is 14.5. The fourth-order valence-corrected chi connectivity index (χ4v) is 5.24. The van der Waals surface area contributed by atoms with Gasteiger partial charge < -0.3 is 14.6 Å². The molecule has 3 heterocycles. The van der Waals surface area contributed by atoms with Gasteiger partial charge in [-0.3, -0.25) is 9.69 Å². The number of hydrogen-bond donors (Lipinski definition) is 1. The lowest BCUT2D eigenvalue weighted by Crippen LogP contribution is -2.49. The third kappa shape index (κ3) is 5.03. The number of H-pyrrole nitrogens is 1. The molecule has 11 heteroatoms. The van der Waals surface area contributed by atoms with E-state index >= 15 is 0 Å². The molecule has 0 unspecified atom stereocenters. The van der Waals surface area contributed by atoms with E-state index in [0.29, 0.717) is 61.1 Å². The molecular formula is C29H27F2N7O2. The first-order chi connectivity index (χ1) is 19.5. The van der Waals surface area contributed by atoms with E-state index in [9.17, 15) is 13.6 Å². The number of nitrogens with one attached hydrogen (secondary N) is 1. The van der Waals surface area contributed by atoms with E-state index in [1.54, 1.807) is 42.1 Å².